The number of halogens is 2. The highest BCUT2D eigenvalue weighted by Gasteiger charge is 2.24. The number of hydrogen-bond acceptors (Lipinski definition) is 3. The molecule has 0 aromatic heterocycles. The molecule has 144 valence electrons. The van der Waals surface area contributed by atoms with Gasteiger partial charge >= 0.3 is 0 Å². The van der Waals surface area contributed by atoms with Crippen LogP contribution < -0.4 is 14.8 Å². The zero-order chi connectivity index (χ0) is 19.9. The van der Waals surface area contributed by atoms with Crippen molar-refractivity contribution in [1.82, 2.24) is 0 Å². The average Bonchev–Trinajstić information content (AvgIpc) is 2.69. The summed E-state index contributed by atoms with van der Waals surface area (Å²) in [5.41, 5.74) is 1.26. The van der Waals surface area contributed by atoms with E-state index in [2.05, 4.69) is 5.32 Å². The Balaban J connectivity index is 1.90. The summed E-state index contributed by atoms with van der Waals surface area (Å²) in [6.07, 6.45) is -0.908. The van der Waals surface area contributed by atoms with E-state index in [-0.39, 0.29) is 5.91 Å². The molecular weight excluding hydrogens is 397 g/mol. The molecule has 0 spiro atoms. The third-order valence-electron chi connectivity index (χ3n) is 3.92. The summed E-state index contributed by atoms with van der Waals surface area (Å²) < 4.78 is 11.6. The number of anilines is 1. The number of amides is 1. The first-order chi connectivity index (χ1) is 13.6. The molecule has 0 saturated heterocycles. The Kier molecular flexibility index (Phi) is 6.80. The summed E-state index contributed by atoms with van der Waals surface area (Å²) in [5.74, 6) is 0.618. The predicted molar refractivity (Wildman–Crippen MR) is 113 cm³/mol. The monoisotopic (exact) mass is 415 g/mol. The fourth-order valence-electron chi connectivity index (χ4n) is 2.65. The van der Waals surface area contributed by atoms with E-state index in [0.717, 1.165) is 0 Å². The van der Waals surface area contributed by atoms with Gasteiger partial charge in [0, 0.05) is 10.6 Å². The van der Waals surface area contributed by atoms with Crippen LogP contribution in [0.2, 0.25) is 10.0 Å². The van der Waals surface area contributed by atoms with Crippen molar-refractivity contribution < 1.29 is 14.3 Å². The van der Waals surface area contributed by atoms with Gasteiger partial charge in [-0.05, 0) is 37.3 Å². The van der Waals surface area contributed by atoms with Crippen LogP contribution in [0.25, 0.3) is 0 Å². The minimum absolute atomic E-state index is 0.330. The third kappa shape index (κ3) is 4.97. The van der Waals surface area contributed by atoms with Crippen LogP contribution in [0.15, 0.2) is 72.8 Å². The molecule has 3 aromatic rings. The van der Waals surface area contributed by atoms with Crippen molar-refractivity contribution in [2.45, 2.75) is 13.0 Å². The second kappa shape index (κ2) is 9.49. The fourth-order valence-corrected chi connectivity index (χ4v) is 3.10. The zero-order valence-electron chi connectivity index (χ0n) is 15.2. The number of hydrogen-bond donors (Lipinski definition) is 1. The third-order valence-corrected chi connectivity index (χ3v) is 4.45. The maximum Gasteiger partial charge on any atom is 0.270 e. The van der Waals surface area contributed by atoms with Gasteiger partial charge in [-0.15, -0.1) is 0 Å². The van der Waals surface area contributed by atoms with Crippen molar-refractivity contribution in [2.24, 2.45) is 0 Å². The molecular formula is C22H19Cl2NO3. The molecule has 1 amide bonds. The Morgan fingerprint density at radius 2 is 1.68 bits per heavy atom. The lowest BCUT2D eigenvalue weighted by Gasteiger charge is -2.21. The fraction of sp³-hybridized carbons (Fsp3) is 0.136. The highest BCUT2D eigenvalue weighted by atomic mass is 35.5. The Morgan fingerprint density at radius 3 is 2.39 bits per heavy atom. The molecule has 0 unspecified atom stereocenters. The van der Waals surface area contributed by atoms with E-state index in [9.17, 15) is 4.79 Å². The lowest BCUT2D eigenvalue weighted by atomic mass is 10.1. The van der Waals surface area contributed by atoms with Gasteiger partial charge < -0.3 is 14.8 Å². The van der Waals surface area contributed by atoms with Gasteiger partial charge in [-0.1, -0.05) is 65.7 Å². The minimum atomic E-state index is -0.908. The van der Waals surface area contributed by atoms with Crippen molar-refractivity contribution in [1.29, 1.82) is 0 Å². The van der Waals surface area contributed by atoms with E-state index in [1.807, 2.05) is 49.4 Å². The van der Waals surface area contributed by atoms with Crippen molar-refractivity contribution >= 4 is 34.8 Å². The molecule has 6 heteroatoms. The molecule has 0 aliphatic rings. The quantitative estimate of drug-likeness (QED) is 0.503. The van der Waals surface area contributed by atoms with Crippen LogP contribution in [0.4, 0.5) is 5.69 Å². The van der Waals surface area contributed by atoms with Crippen LogP contribution in [0.1, 0.15) is 18.6 Å². The molecule has 4 nitrogen and oxygen atoms in total. The number of nitrogens with one attached hydrogen (secondary N) is 1. The lowest BCUT2D eigenvalue weighted by molar-refractivity contribution is -0.123. The number of carbonyl (C=O) groups is 1. The summed E-state index contributed by atoms with van der Waals surface area (Å²) in [5, 5.41) is 3.71. The Bertz CT molecular complexity index is 948. The molecule has 0 bridgehead atoms. The summed E-state index contributed by atoms with van der Waals surface area (Å²) in [7, 11) is 0. The minimum Gasteiger partial charge on any atom is -0.492 e. The van der Waals surface area contributed by atoms with Crippen molar-refractivity contribution in [2.75, 3.05) is 11.9 Å². The van der Waals surface area contributed by atoms with Gasteiger partial charge in [0.25, 0.3) is 5.91 Å². The smallest absolute Gasteiger partial charge is 0.270 e. The van der Waals surface area contributed by atoms with Gasteiger partial charge in [0.1, 0.15) is 11.5 Å². The molecule has 1 N–H and O–H groups in total. The van der Waals surface area contributed by atoms with E-state index in [0.29, 0.717) is 39.4 Å². The van der Waals surface area contributed by atoms with Gasteiger partial charge in [0.15, 0.2) is 0 Å². The molecule has 0 fully saturated rings. The highest BCUT2D eigenvalue weighted by molar-refractivity contribution is 6.35. The van der Waals surface area contributed by atoms with Crippen LogP contribution in [0.3, 0.4) is 0 Å². The second-order valence-electron chi connectivity index (χ2n) is 5.90. The van der Waals surface area contributed by atoms with Gasteiger partial charge in [-0.25, -0.2) is 0 Å². The summed E-state index contributed by atoms with van der Waals surface area (Å²) in [6, 6.07) is 21.3. The maximum absolute atomic E-state index is 13.1. The van der Waals surface area contributed by atoms with E-state index in [1.54, 1.807) is 30.3 Å². The Hall–Kier alpha value is -2.69. The lowest BCUT2D eigenvalue weighted by Crippen LogP contribution is -2.26. The molecule has 3 rings (SSSR count). The average molecular weight is 416 g/mol. The molecule has 3 aromatic carbocycles. The first-order valence-corrected chi connectivity index (χ1v) is 9.53. The predicted octanol–water partition coefficient (Wildman–Crippen LogP) is 6.15. The first kappa shape index (κ1) is 20.1. The molecule has 0 saturated carbocycles. The number of para-hydroxylation sites is 2. The van der Waals surface area contributed by atoms with E-state index >= 15 is 0 Å². The highest BCUT2D eigenvalue weighted by Crippen LogP contribution is 2.33. The number of benzene rings is 3. The number of ether oxygens (including phenoxy) is 2. The van der Waals surface area contributed by atoms with Gasteiger partial charge in [0.2, 0.25) is 6.10 Å². The topological polar surface area (TPSA) is 47.6 Å². The summed E-state index contributed by atoms with van der Waals surface area (Å²) in [6.45, 7) is 2.38. The van der Waals surface area contributed by atoms with Crippen molar-refractivity contribution in [3.05, 3.63) is 88.4 Å². The number of rotatable bonds is 7. The molecule has 1 atom stereocenters. The maximum atomic E-state index is 13.1. The van der Waals surface area contributed by atoms with Crippen molar-refractivity contribution in [3.8, 4) is 11.5 Å². The SMILES string of the molecule is CCOc1ccccc1NC(=O)[C@H](Oc1ccc(Cl)cc1Cl)c1ccccc1. The van der Waals surface area contributed by atoms with E-state index < -0.39 is 6.10 Å². The second-order valence-corrected chi connectivity index (χ2v) is 6.75. The normalized spacial score (nSPS) is 11.5. The van der Waals surface area contributed by atoms with Crippen LogP contribution in [-0.4, -0.2) is 12.5 Å². The van der Waals surface area contributed by atoms with Crippen molar-refractivity contribution in [3.63, 3.8) is 0 Å². The zero-order valence-corrected chi connectivity index (χ0v) is 16.7. The van der Waals surface area contributed by atoms with Crippen LogP contribution in [-0.2, 0) is 4.79 Å². The van der Waals surface area contributed by atoms with Gasteiger partial charge in [-0.2, -0.15) is 0 Å². The summed E-state index contributed by atoms with van der Waals surface area (Å²) in [4.78, 5) is 13.1. The van der Waals surface area contributed by atoms with Crippen LogP contribution >= 0.6 is 23.2 Å². The molecule has 0 aliphatic heterocycles. The van der Waals surface area contributed by atoms with E-state index in [4.69, 9.17) is 32.7 Å². The first-order valence-electron chi connectivity index (χ1n) is 8.78. The van der Waals surface area contributed by atoms with E-state index in [1.165, 1.54) is 0 Å². The molecule has 0 radical (unpaired) electrons. The van der Waals surface area contributed by atoms with Gasteiger partial charge in [0.05, 0.1) is 17.3 Å². The number of carbonyl (C=O) groups excluding carboxylic acids is 1. The summed E-state index contributed by atoms with van der Waals surface area (Å²) >= 11 is 12.2. The van der Waals surface area contributed by atoms with Crippen LogP contribution in [0.5, 0.6) is 11.5 Å². The van der Waals surface area contributed by atoms with Crippen LogP contribution in [0, 0.1) is 0 Å². The Morgan fingerprint density at radius 1 is 0.964 bits per heavy atom. The molecule has 0 heterocycles. The largest absolute Gasteiger partial charge is 0.492 e. The molecule has 28 heavy (non-hydrogen) atoms. The molecule has 0 aliphatic carbocycles. The van der Waals surface area contributed by atoms with Gasteiger partial charge in [-0.3, -0.25) is 4.79 Å². The Labute approximate surface area is 174 Å². The standard InChI is InChI=1S/C22H19Cl2NO3/c1-2-27-20-11-7-6-10-18(20)25-22(26)21(15-8-4-3-5-9-15)28-19-13-12-16(23)14-17(19)24/h3-14,21H,2H2,1H3,(H,25,26)/t21-/m1/s1.